The Balaban J connectivity index is 1.00. The van der Waals surface area contributed by atoms with Crippen molar-refractivity contribution in [1.82, 2.24) is 19.8 Å². The van der Waals surface area contributed by atoms with E-state index in [1.54, 1.807) is 6.20 Å². The van der Waals surface area contributed by atoms with Gasteiger partial charge in [0, 0.05) is 49.9 Å². The molecule has 4 heterocycles. The third-order valence-electron chi connectivity index (χ3n) is 8.04. The molecule has 1 aromatic heterocycles. The lowest BCUT2D eigenvalue weighted by Crippen LogP contribution is -2.65. The molecule has 9 nitrogen and oxygen atoms in total. The van der Waals surface area contributed by atoms with Crippen molar-refractivity contribution in [1.29, 1.82) is 0 Å². The van der Waals surface area contributed by atoms with Gasteiger partial charge in [-0.3, -0.25) is 9.80 Å². The van der Waals surface area contributed by atoms with Crippen LogP contribution < -0.4 is 4.90 Å². The van der Waals surface area contributed by atoms with Crippen LogP contribution in [0.1, 0.15) is 43.5 Å². The highest BCUT2D eigenvalue weighted by atomic mass is 32.2. The van der Waals surface area contributed by atoms with Crippen LogP contribution in [0.25, 0.3) is 0 Å². The highest BCUT2D eigenvalue weighted by molar-refractivity contribution is 7.90. The fraction of sp³-hybridized carbons (Fsp3) is 0.577. The van der Waals surface area contributed by atoms with Crippen LogP contribution in [0.2, 0.25) is 0 Å². The molecule has 3 fully saturated rings. The molecule has 36 heavy (non-hydrogen) atoms. The second-order valence-electron chi connectivity index (χ2n) is 11.2. The van der Waals surface area contributed by atoms with E-state index in [0.29, 0.717) is 35.7 Å². The number of carbonyl (C=O) groups is 1. The number of fused-ring (bicyclic) bond motifs is 1. The summed E-state index contributed by atoms with van der Waals surface area (Å²) in [4.78, 5) is 28.4. The number of ether oxygens (including phenoxy) is 1. The highest BCUT2D eigenvalue weighted by Crippen LogP contribution is 2.50. The van der Waals surface area contributed by atoms with E-state index in [0.717, 1.165) is 32.5 Å². The fourth-order valence-corrected chi connectivity index (χ4v) is 7.96. The third-order valence-corrected chi connectivity index (χ3v) is 9.51. The number of carbonyl (C=O) groups excluding carboxylic acids is 1. The first-order valence-electron chi connectivity index (χ1n) is 12.7. The standard InChI is InChI=1S/C26H33N5O4S/c1-18-11-30(24-27-10-21-14-36(33,34)15-23(21)28-24)12-19(2)31(18)25(32)35-22-8-26(9-22)16-29(17-26)13-20-6-4-3-5-7-20/h3-7,10,18-19,22H,8-9,11-17H2,1-2H3/t18-,19+. The van der Waals surface area contributed by atoms with E-state index in [1.165, 1.54) is 5.56 Å². The van der Waals surface area contributed by atoms with Gasteiger partial charge >= 0.3 is 6.09 Å². The van der Waals surface area contributed by atoms with Gasteiger partial charge in [-0.25, -0.2) is 23.2 Å². The van der Waals surface area contributed by atoms with Gasteiger partial charge in [0.2, 0.25) is 5.95 Å². The molecule has 3 aliphatic heterocycles. The van der Waals surface area contributed by atoms with Gasteiger partial charge in [-0.15, -0.1) is 0 Å². The summed E-state index contributed by atoms with van der Waals surface area (Å²) in [6.07, 6.45) is 3.27. The smallest absolute Gasteiger partial charge is 0.410 e. The number of aromatic nitrogens is 2. The van der Waals surface area contributed by atoms with Crippen molar-refractivity contribution < 1.29 is 17.9 Å². The average Bonchev–Trinajstić information content (AvgIpc) is 3.09. The Morgan fingerprint density at radius 2 is 1.78 bits per heavy atom. The molecule has 10 heteroatoms. The van der Waals surface area contributed by atoms with Gasteiger partial charge in [0.15, 0.2) is 9.84 Å². The minimum absolute atomic E-state index is 0.00389. The predicted octanol–water partition coefficient (Wildman–Crippen LogP) is 2.61. The molecule has 2 saturated heterocycles. The van der Waals surface area contributed by atoms with Gasteiger partial charge in [-0.2, -0.15) is 0 Å². The maximum absolute atomic E-state index is 13.1. The summed E-state index contributed by atoms with van der Waals surface area (Å²) in [5.74, 6) is 0.522. The summed E-state index contributed by atoms with van der Waals surface area (Å²) in [6.45, 7) is 8.31. The van der Waals surface area contributed by atoms with Crippen molar-refractivity contribution in [2.24, 2.45) is 5.41 Å². The molecular formula is C26H33N5O4S. The Bertz CT molecular complexity index is 1240. The molecule has 2 aromatic rings. The van der Waals surface area contributed by atoms with E-state index < -0.39 is 9.84 Å². The van der Waals surface area contributed by atoms with Crippen LogP contribution in [0.3, 0.4) is 0 Å². The molecule has 192 valence electrons. The van der Waals surface area contributed by atoms with E-state index in [2.05, 4.69) is 39.1 Å². The Kier molecular flexibility index (Phi) is 5.71. The van der Waals surface area contributed by atoms with Crippen LogP contribution in [-0.4, -0.2) is 78.6 Å². The van der Waals surface area contributed by atoms with Crippen molar-refractivity contribution in [2.75, 3.05) is 31.1 Å². The SMILES string of the molecule is C[C@@H]1CN(c2ncc3c(n2)CS(=O)(=O)C3)C[C@H](C)N1C(=O)OC1CC2(C1)CN(Cc1ccccc1)C2. The molecule has 4 aliphatic rings. The lowest BCUT2D eigenvalue weighted by atomic mass is 9.61. The molecule has 1 aliphatic carbocycles. The normalized spacial score (nSPS) is 26.8. The number of anilines is 1. The van der Waals surface area contributed by atoms with Crippen molar-refractivity contribution in [3.05, 3.63) is 53.3 Å². The topological polar surface area (TPSA) is 95.9 Å². The molecule has 0 radical (unpaired) electrons. The molecule has 1 saturated carbocycles. The predicted molar refractivity (Wildman–Crippen MR) is 135 cm³/mol. The minimum Gasteiger partial charge on any atom is -0.446 e. The van der Waals surface area contributed by atoms with Crippen molar-refractivity contribution in [3.63, 3.8) is 0 Å². The Morgan fingerprint density at radius 1 is 1.08 bits per heavy atom. The van der Waals surface area contributed by atoms with Crippen LogP contribution in [-0.2, 0) is 32.6 Å². The number of hydrogen-bond acceptors (Lipinski definition) is 8. The van der Waals surface area contributed by atoms with Gasteiger partial charge in [0.05, 0.1) is 29.3 Å². The second kappa shape index (κ2) is 8.69. The largest absolute Gasteiger partial charge is 0.446 e. The second-order valence-corrected chi connectivity index (χ2v) is 13.3. The number of likely N-dealkylation sites (tertiary alicyclic amines) is 1. The van der Waals surface area contributed by atoms with Crippen molar-refractivity contribution >= 4 is 21.9 Å². The lowest BCUT2D eigenvalue weighted by molar-refractivity contribution is -0.137. The summed E-state index contributed by atoms with van der Waals surface area (Å²) < 4.78 is 29.8. The summed E-state index contributed by atoms with van der Waals surface area (Å²) in [5, 5.41) is 0. The van der Waals surface area contributed by atoms with E-state index in [1.807, 2.05) is 29.7 Å². The van der Waals surface area contributed by atoms with Gasteiger partial charge in [-0.05, 0) is 32.3 Å². The maximum atomic E-state index is 13.1. The number of amides is 1. The molecule has 1 aromatic carbocycles. The Hall–Kier alpha value is -2.72. The molecule has 0 unspecified atom stereocenters. The number of benzene rings is 1. The molecule has 1 amide bonds. The minimum atomic E-state index is -3.12. The van der Waals surface area contributed by atoms with E-state index in [-0.39, 0.29) is 35.8 Å². The monoisotopic (exact) mass is 511 g/mol. The molecule has 2 atom stereocenters. The van der Waals surface area contributed by atoms with Crippen LogP contribution in [0.5, 0.6) is 0 Å². The zero-order valence-electron chi connectivity index (χ0n) is 20.8. The highest BCUT2D eigenvalue weighted by Gasteiger charge is 2.54. The maximum Gasteiger partial charge on any atom is 0.410 e. The first-order valence-corrected chi connectivity index (χ1v) is 14.6. The van der Waals surface area contributed by atoms with E-state index in [9.17, 15) is 13.2 Å². The van der Waals surface area contributed by atoms with Crippen molar-refractivity contribution in [2.45, 2.75) is 62.9 Å². The molecule has 6 rings (SSSR count). The summed E-state index contributed by atoms with van der Waals surface area (Å²) in [6, 6.07) is 10.4. The van der Waals surface area contributed by atoms with Gasteiger partial charge < -0.3 is 9.64 Å². The number of hydrogen-bond donors (Lipinski definition) is 0. The number of nitrogens with zero attached hydrogens (tertiary/aromatic N) is 5. The lowest BCUT2D eigenvalue weighted by Gasteiger charge is -2.58. The summed E-state index contributed by atoms with van der Waals surface area (Å²) in [7, 11) is -3.12. The first kappa shape index (κ1) is 23.7. The fourth-order valence-electron chi connectivity index (χ4n) is 6.48. The number of rotatable bonds is 4. The van der Waals surface area contributed by atoms with Gasteiger partial charge in [-0.1, -0.05) is 30.3 Å². The Morgan fingerprint density at radius 3 is 2.47 bits per heavy atom. The Labute approximate surface area is 212 Å². The molecule has 1 spiro atoms. The molecule has 0 bridgehead atoms. The zero-order valence-corrected chi connectivity index (χ0v) is 21.7. The number of piperazine rings is 1. The zero-order chi connectivity index (χ0) is 25.1. The summed E-state index contributed by atoms with van der Waals surface area (Å²) in [5.41, 5.74) is 2.94. The van der Waals surface area contributed by atoms with Gasteiger partial charge in [0.25, 0.3) is 0 Å². The quantitative estimate of drug-likeness (QED) is 0.618. The van der Waals surface area contributed by atoms with E-state index in [4.69, 9.17) is 4.74 Å². The number of sulfone groups is 1. The van der Waals surface area contributed by atoms with Crippen LogP contribution >= 0.6 is 0 Å². The van der Waals surface area contributed by atoms with Crippen LogP contribution in [0.15, 0.2) is 36.5 Å². The van der Waals surface area contributed by atoms with Crippen LogP contribution in [0, 0.1) is 5.41 Å². The van der Waals surface area contributed by atoms with Crippen LogP contribution in [0.4, 0.5) is 10.7 Å². The average molecular weight is 512 g/mol. The van der Waals surface area contributed by atoms with Crippen molar-refractivity contribution in [3.8, 4) is 0 Å². The molecule has 0 N–H and O–H groups in total. The first-order chi connectivity index (χ1) is 17.2. The van der Waals surface area contributed by atoms with E-state index >= 15 is 0 Å². The molecular weight excluding hydrogens is 478 g/mol. The third kappa shape index (κ3) is 4.45. The van der Waals surface area contributed by atoms with Gasteiger partial charge in [0.1, 0.15) is 6.10 Å². The summed E-state index contributed by atoms with van der Waals surface area (Å²) >= 11 is 0.